The number of carbonyl (C=O) groups excluding carboxylic acids is 2. The first kappa shape index (κ1) is 28.1. The van der Waals surface area contributed by atoms with Crippen molar-refractivity contribution >= 4 is 11.9 Å². The molecule has 0 atom stereocenters. The molecule has 1 amide bonds. The standard InChI is InChI=1S/C30H39NO6/c1-19(12-14-21-27(33)26-22(18-37-29(26)34)20(2)28(21)35-7)13-15-25(32)31(6)16-17-36-24-11-9-8-10-23(24)30(3,4)5/h8-12,33H,13-18H2,1-7H3/b19-12+. The molecule has 0 unspecified atom stereocenters. The Morgan fingerprint density at radius 3 is 2.59 bits per heavy atom. The van der Waals surface area contributed by atoms with Crippen molar-refractivity contribution in [2.75, 3.05) is 27.3 Å². The second-order valence-corrected chi connectivity index (χ2v) is 10.6. The lowest BCUT2D eigenvalue weighted by molar-refractivity contribution is -0.130. The second kappa shape index (κ2) is 11.7. The van der Waals surface area contributed by atoms with Gasteiger partial charge in [-0.3, -0.25) is 4.79 Å². The average Bonchev–Trinajstić information content (AvgIpc) is 3.25. The van der Waals surface area contributed by atoms with Crippen LogP contribution in [0.15, 0.2) is 35.9 Å². The lowest BCUT2D eigenvalue weighted by Crippen LogP contribution is -2.31. The first-order chi connectivity index (χ1) is 17.5. The minimum Gasteiger partial charge on any atom is -0.507 e. The van der Waals surface area contributed by atoms with E-state index in [1.807, 2.05) is 38.1 Å². The molecule has 1 heterocycles. The van der Waals surface area contributed by atoms with Crippen molar-refractivity contribution in [2.24, 2.45) is 0 Å². The summed E-state index contributed by atoms with van der Waals surface area (Å²) in [5.74, 6) is 0.843. The van der Waals surface area contributed by atoms with Crippen molar-refractivity contribution in [1.82, 2.24) is 4.90 Å². The minimum absolute atomic E-state index is 0.0230. The highest BCUT2D eigenvalue weighted by Crippen LogP contribution is 2.42. The number of esters is 1. The maximum atomic E-state index is 12.7. The van der Waals surface area contributed by atoms with Crippen molar-refractivity contribution in [3.8, 4) is 17.2 Å². The zero-order valence-corrected chi connectivity index (χ0v) is 23.1. The molecule has 7 heteroatoms. The van der Waals surface area contributed by atoms with E-state index in [1.165, 1.54) is 0 Å². The summed E-state index contributed by atoms with van der Waals surface area (Å²) in [7, 11) is 3.33. The Morgan fingerprint density at radius 2 is 1.92 bits per heavy atom. The molecule has 1 aliphatic heterocycles. The molecule has 0 saturated heterocycles. The fourth-order valence-corrected chi connectivity index (χ4v) is 4.53. The molecule has 37 heavy (non-hydrogen) atoms. The first-order valence-corrected chi connectivity index (χ1v) is 12.7. The Morgan fingerprint density at radius 1 is 1.22 bits per heavy atom. The molecule has 200 valence electrons. The average molecular weight is 510 g/mol. The largest absolute Gasteiger partial charge is 0.507 e. The van der Waals surface area contributed by atoms with Gasteiger partial charge in [-0.05, 0) is 49.3 Å². The van der Waals surface area contributed by atoms with E-state index in [4.69, 9.17) is 14.2 Å². The second-order valence-electron chi connectivity index (χ2n) is 10.6. The third-order valence-corrected chi connectivity index (χ3v) is 6.84. The van der Waals surface area contributed by atoms with Crippen LogP contribution in [0.2, 0.25) is 0 Å². The first-order valence-electron chi connectivity index (χ1n) is 12.7. The summed E-state index contributed by atoms with van der Waals surface area (Å²) in [6, 6.07) is 8.01. The summed E-state index contributed by atoms with van der Waals surface area (Å²) in [5, 5.41) is 10.8. The molecule has 0 saturated carbocycles. The molecule has 0 aromatic heterocycles. The minimum atomic E-state index is -0.514. The molecular weight excluding hydrogens is 470 g/mol. The van der Waals surface area contributed by atoms with Gasteiger partial charge in [0.2, 0.25) is 5.91 Å². The number of rotatable bonds is 10. The predicted molar refractivity (Wildman–Crippen MR) is 143 cm³/mol. The normalized spacial score (nSPS) is 13.3. The van der Waals surface area contributed by atoms with Crippen LogP contribution in [-0.4, -0.2) is 49.2 Å². The van der Waals surface area contributed by atoms with Gasteiger partial charge in [-0.2, -0.15) is 0 Å². The third kappa shape index (κ3) is 6.45. The summed E-state index contributed by atoms with van der Waals surface area (Å²) in [6.07, 6.45) is 3.30. The maximum Gasteiger partial charge on any atom is 0.342 e. The number of phenolic OH excluding ortho intramolecular Hbond substituents is 1. The number of amides is 1. The number of ether oxygens (including phenoxy) is 3. The Bertz CT molecular complexity index is 1190. The number of para-hydroxylation sites is 1. The molecule has 0 spiro atoms. The quantitative estimate of drug-likeness (QED) is 0.337. The molecule has 0 aliphatic carbocycles. The fraction of sp³-hybridized carbons (Fsp3) is 0.467. The highest BCUT2D eigenvalue weighted by atomic mass is 16.5. The van der Waals surface area contributed by atoms with Crippen molar-refractivity contribution in [1.29, 1.82) is 0 Å². The predicted octanol–water partition coefficient (Wildman–Crippen LogP) is 5.48. The molecule has 1 aliphatic rings. The molecule has 0 fully saturated rings. The molecule has 7 nitrogen and oxygen atoms in total. The van der Waals surface area contributed by atoms with Crippen LogP contribution in [0, 0.1) is 6.92 Å². The van der Waals surface area contributed by atoms with Gasteiger partial charge < -0.3 is 24.2 Å². The Kier molecular flexibility index (Phi) is 8.89. The number of phenols is 1. The molecule has 0 bridgehead atoms. The van der Waals surface area contributed by atoms with Crippen LogP contribution in [0.1, 0.15) is 73.1 Å². The number of aromatic hydroxyl groups is 1. The Hall–Kier alpha value is -3.48. The number of cyclic esters (lactones) is 1. The number of likely N-dealkylation sites (N-methyl/N-ethyl adjacent to an activating group) is 1. The van der Waals surface area contributed by atoms with E-state index in [1.54, 1.807) is 19.1 Å². The number of allylic oxidation sites excluding steroid dienone is 2. The van der Waals surface area contributed by atoms with Crippen LogP contribution in [0.4, 0.5) is 0 Å². The van der Waals surface area contributed by atoms with Gasteiger partial charge >= 0.3 is 5.97 Å². The molecule has 0 radical (unpaired) electrons. The van der Waals surface area contributed by atoms with Crippen molar-refractivity contribution in [3.63, 3.8) is 0 Å². The van der Waals surface area contributed by atoms with E-state index in [-0.39, 0.29) is 29.2 Å². The summed E-state index contributed by atoms with van der Waals surface area (Å²) in [4.78, 5) is 26.5. The van der Waals surface area contributed by atoms with E-state index < -0.39 is 5.97 Å². The smallest absolute Gasteiger partial charge is 0.342 e. The van der Waals surface area contributed by atoms with E-state index in [9.17, 15) is 14.7 Å². The maximum absolute atomic E-state index is 12.7. The highest BCUT2D eigenvalue weighted by Gasteiger charge is 2.31. The van der Waals surface area contributed by atoms with Gasteiger partial charge in [0.05, 0.1) is 13.7 Å². The number of methoxy groups -OCH3 is 1. The number of benzene rings is 2. The van der Waals surface area contributed by atoms with Crippen LogP contribution >= 0.6 is 0 Å². The Labute approximate surface area is 220 Å². The van der Waals surface area contributed by atoms with Crippen LogP contribution in [0.5, 0.6) is 17.2 Å². The summed E-state index contributed by atoms with van der Waals surface area (Å²) in [6.45, 7) is 11.3. The molecule has 2 aromatic carbocycles. The van der Waals surface area contributed by atoms with E-state index in [2.05, 4.69) is 26.8 Å². The number of carbonyl (C=O) groups is 2. The molecule has 3 rings (SSSR count). The van der Waals surface area contributed by atoms with Gasteiger partial charge in [0, 0.05) is 24.6 Å². The van der Waals surface area contributed by atoms with Crippen LogP contribution < -0.4 is 9.47 Å². The van der Waals surface area contributed by atoms with Crippen molar-refractivity contribution in [2.45, 2.75) is 65.9 Å². The van der Waals surface area contributed by atoms with Crippen molar-refractivity contribution in [3.05, 3.63) is 63.7 Å². The van der Waals surface area contributed by atoms with Crippen LogP contribution in [-0.2, 0) is 28.0 Å². The zero-order valence-electron chi connectivity index (χ0n) is 23.1. The van der Waals surface area contributed by atoms with E-state index in [0.29, 0.717) is 49.3 Å². The SMILES string of the molecule is COc1c(C)c2c(c(O)c1C/C=C(\C)CCC(=O)N(C)CCOc1ccccc1C(C)(C)C)C(=O)OC2. The topological polar surface area (TPSA) is 85.3 Å². The number of hydrogen-bond acceptors (Lipinski definition) is 6. The monoisotopic (exact) mass is 509 g/mol. The van der Waals surface area contributed by atoms with Gasteiger partial charge in [0.15, 0.2) is 0 Å². The van der Waals surface area contributed by atoms with E-state index in [0.717, 1.165) is 22.4 Å². The van der Waals surface area contributed by atoms with Crippen LogP contribution in [0.25, 0.3) is 0 Å². The Balaban J connectivity index is 1.55. The molecule has 1 N–H and O–H groups in total. The van der Waals surface area contributed by atoms with Crippen molar-refractivity contribution < 1.29 is 28.9 Å². The highest BCUT2D eigenvalue weighted by molar-refractivity contribution is 5.98. The summed E-state index contributed by atoms with van der Waals surface area (Å²) in [5.41, 5.74) is 4.37. The van der Waals surface area contributed by atoms with Gasteiger partial charge in [0.25, 0.3) is 0 Å². The van der Waals surface area contributed by atoms with Gasteiger partial charge in [-0.25, -0.2) is 4.79 Å². The zero-order chi connectivity index (χ0) is 27.3. The molecule has 2 aromatic rings. The summed E-state index contributed by atoms with van der Waals surface area (Å²) >= 11 is 0. The fourth-order valence-electron chi connectivity index (χ4n) is 4.53. The number of nitrogens with zero attached hydrogens (tertiary/aromatic N) is 1. The number of hydrogen-bond donors (Lipinski definition) is 1. The van der Waals surface area contributed by atoms with Gasteiger partial charge in [0.1, 0.15) is 36.0 Å². The van der Waals surface area contributed by atoms with Gasteiger partial charge in [-0.15, -0.1) is 0 Å². The van der Waals surface area contributed by atoms with Crippen LogP contribution in [0.3, 0.4) is 0 Å². The number of fused-ring (bicyclic) bond motifs is 1. The lowest BCUT2D eigenvalue weighted by atomic mass is 9.86. The molecular formula is C30H39NO6. The van der Waals surface area contributed by atoms with Gasteiger partial charge in [-0.1, -0.05) is 50.6 Å². The lowest BCUT2D eigenvalue weighted by Gasteiger charge is -2.23. The third-order valence-electron chi connectivity index (χ3n) is 6.84. The van der Waals surface area contributed by atoms with E-state index >= 15 is 0 Å². The summed E-state index contributed by atoms with van der Waals surface area (Å²) < 4.78 is 16.7.